The minimum absolute atomic E-state index is 0.121. The SMILES string of the molecule is CC(C)NC(=O)N1CCCCC[C@H]1C1CCN(c2ncnc3ccccc23)CC1. The molecule has 1 aromatic heterocycles. The number of rotatable bonds is 3. The standard InChI is InChI=1S/C23H33N5O/c1-17(2)26-23(29)28-13-7-3-4-10-21(28)18-11-14-27(15-12-18)22-19-8-5-6-9-20(19)24-16-25-22/h5-6,8-9,16-18,21H,3-4,7,10-15H2,1-2H3,(H,26,29)/t21-/m0/s1. The second kappa shape index (κ2) is 8.97. The largest absolute Gasteiger partial charge is 0.356 e. The highest BCUT2D eigenvalue weighted by Crippen LogP contribution is 2.33. The monoisotopic (exact) mass is 395 g/mol. The Kier molecular flexibility index (Phi) is 6.16. The Morgan fingerprint density at radius 2 is 1.83 bits per heavy atom. The van der Waals surface area contributed by atoms with Crippen molar-refractivity contribution in [2.24, 2.45) is 5.92 Å². The van der Waals surface area contributed by atoms with Crippen molar-refractivity contribution in [3.05, 3.63) is 30.6 Å². The summed E-state index contributed by atoms with van der Waals surface area (Å²) in [5.74, 6) is 1.61. The van der Waals surface area contributed by atoms with E-state index >= 15 is 0 Å². The second-order valence-electron chi connectivity index (χ2n) is 8.75. The third-order valence-electron chi connectivity index (χ3n) is 6.38. The molecule has 6 nitrogen and oxygen atoms in total. The van der Waals surface area contributed by atoms with Crippen molar-refractivity contribution in [3.8, 4) is 0 Å². The lowest BCUT2D eigenvalue weighted by Crippen LogP contribution is -2.52. The van der Waals surface area contributed by atoms with Crippen molar-refractivity contribution in [2.45, 2.75) is 64.5 Å². The number of amides is 2. The number of aromatic nitrogens is 2. The molecule has 4 rings (SSSR count). The topological polar surface area (TPSA) is 61.4 Å². The highest BCUT2D eigenvalue weighted by molar-refractivity contribution is 5.89. The first-order valence-electron chi connectivity index (χ1n) is 11.2. The average Bonchev–Trinajstić information content (AvgIpc) is 2.99. The van der Waals surface area contributed by atoms with E-state index in [9.17, 15) is 4.79 Å². The van der Waals surface area contributed by atoms with Gasteiger partial charge in [0.2, 0.25) is 0 Å². The van der Waals surface area contributed by atoms with Gasteiger partial charge in [-0.05, 0) is 57.6 Å². The molecule has 0 radical (unpaired) electrons. The van der Waals surface area contributed by atoms with Crippen LogP contribution in [0, 0.1) is 5.92 Å². The number of benzene rings is 1. The van der Waals surface area contributed by atoms with Gasteiger partial charge in [0.25, 0.3) is 0 Å². The Bertz CT molecular complexity index is 826. The second-order valence-corrected chi connectivity index (χ2v) is 8.75. The Morgan fingerprint density at radius 1 is 1.03 bits per heavy atom. The molecule has 0 bridgehead atoms. The van der Waals surface area contributed by atoms with E-state index < -0.39 is 0 Å². The van der Waals surface area contributed by atoms with Crippen molar-refractivity contribution in [3.63, 3.8) is 0 Å². The highest BCUT2D eigenvalue weighted by Gasteiger charge is 2.34. The quantitative estimate of drug-likeness (QED) is 0.846. The van der Waals surface area contributed by atoms with E-state index in [0.29, 0.717) is 12.0 Å². The molecule has 0 aliphatic carbocycles. The van der Waals surface area contributed by atoms with Crippen molar-refractivity contribution in [1.82, 2.24) is 20.2 Å². The van der Waals surface area contributed by atoms with E-state index in [1.165, 1.54) is 12.8 Å². The van der Waals surface area contributed by atoms with Crippen molar-refractivity contribution >= 4 is 22.8 Å². The number of nitrogens with one attached hydrogen (secondary N) is 1. The van der Waals surface area contributed by atoms with Crippen LogP contribution < -0.4 is 10.2 Å². The number of piperidine rings is 1. The number of anilines is 1. The Morgan fingerprint density at radius 3 is 2.62 bits per heavy atom. The maximum Gasteiger partial charge on any atom is 0.317 e. The van der Waals surface area contributed by atoms with Crippen molar-refractivity contribution < 1.29 is 4.79 Å². The zero-order valence-electron chi connectivity index (χ0n) is 17.7. The molecule has 2 saturated heterocycles. The van der Waals surface area contributed by atoms with E-state index in [1.807, 2.05) is 26.0 Å². The minimum atomic E-state index is 0.121. The number of likely N-dealkylation sites (tertiary alicyclic amines) is 1. The number of hydrogen-bond donors (Lipinski definition) is 1. The van der Waals surface area contributed by atoms with Crippen LogP contribution in [0.1, 0.15) is 52.4 Å². The molecule has 6 heteroatoms. The number of fused-ring (bicyclic) bond motifs is 1. The molecule has 2 fully saturated rings. The van der Waals surface area contributed by atoms with Gasteiger partial charge in [-0.3, -0.25) is 0 Å². The van der Waals surface area contributed by atoms with Gasteiger partial charge in [0, 0.05) is 37.1 Å². The first-order chi connectivity index (χ1) is 14.1. The van der Waals surface area contributed by atoms with Gasteiger partial charge >= 0.3 is 6.03 Å². The Hall–Kier alpha value is -2.37. The summed E-state index contributed by atoms with van der Waals surface area (Å²) in [6, 6.07) is 8.90. The molecular formula is C23H33N5O. The lowest BCUT2D eigenvalue weighted by atomic mass is 9.86. The summed E-state index contributed by atoms with van der Waals surface area (Å²) in [6.07, 6.45) is 8.59. The summed E-state index contributed by atoms with van der Waals surface area (Å²) in [4.78, 5) is 26.4. The number of carbonyl (C=O) groups is 1. The van der Waals surface area contributed by atoms with Crippen LogP contribution in [0.4, 0.5) is 10.6 Å². The van der Waals surface area contributed by atoms with Crippen LogP contribution in [0.3, 0.4) is 0 Å². The first-order valence-corrected chi connectivity index (χ1v) is 11.2. The number of nitrogens with zero attached hydrogens (tertiary/aromatic N) is 4. The molecule has 1 aromatic carbocycles. The summed E-state index contributed by atoms with van der Waals surface area (Å²) in [7, 11) is 0. The molecule has 0 spiro atoms. The van der Waals surface area contributed by atoms with E-state index in [-0.39, 0.29) is 12.1 Å². The van der Waals surface area contributed by atoms with E-state index in [4.69, 9.17) is 0 Å². The molecule has 0 unspecified atom stereocenters. The lowest BCUT2D eigenvalue weighted by molar-refractivity contribution is 0.135. The Balaban J connectivity index is 1.46. The molecular weight excluding hydrogens is 362 g/mol. The Labute approximate surface area is 173 Å². The maximum atomic E-state index is 12.8. The smallest absolute Gasteiger partial charge is 0.317 e. The molecule has 2 aliphatic rings. The number of urea groups is 1. The summed E-state index contributed by atoms with van der Waals surface area (Å²) in [5, 5.41) is 4.25. The van der Waals surface area contributed by atoms with E-state index in [2.05, 4.69) is 37.2 Å². The fourth-order valence-corrected chi connectivity index (χ4v) is 4.94. The molecule has 0 saturated carbocycles. The molecule has 156 valence electrons. The van der Waals surface area contributed by atoms with Gasteiger partial charge in [-0.2, -0.15) is 0 Å². The average molecular weight is 396 g/mol. The van der Waals surface area contributed by atoms with Crippen molar-refractivity contribution in [1.29, 1.82) is 0 Å². The number of carbonyl (C=O) groups excluding carboxylic acids is 1. The van der Waals surface area contributed by atoms with Crippen LogP contribution in [0.15, 0.2) is 30.6 Å². The fraction of sp³-hybridized carbons (Fsp3) is 0.609. The zero-order valence-corrected chi connectivity index (χ0v) is 17.7. The van der Waals surface area contributed by atoms with Gasteiger partial charge in [0.1, 0.15) is 12.1 Å². The zero-order chi connectivity index (χ0) is 20.2. The normalized spacial score (nSPS) is 21.4. The van der Waals surface area contributed by atoms with Gasteiger partial charge in [-0.15, -0.1) is 0 Å². The van der Waals surface area contributed by atoms with Crippen LogP contribution in [0.5, 0.6) is 0 Å². The van der Waals surface area contributed by atoms with Gasteiger partial charge in [-0.25, -0.2) is 14.8 Å². The van der Waals surface area contributed by atoms with Gasteiger partial charge < -0.3 is 15.1 Å². The van der Waals surface area contributed by atoms with Gasteiger partial charge in [0.05, 0.1) is 5.52 Å². The van der Waals surface area contributed by atoms with Crippen LogP contribution in [0.2, 0.25) is 0 Å². The summed E-state index contributed by atoms with van der Waals surface area (Å²) in [6.45, 7) is 6.94. The molecule has 29 heavy (non-hydrogen) atoms. The third kappa shape index (κ3) is 4.46. The number of hydrogen-bond acceptors (Lipinski definition) is 4. The van der Waals surface area contributed by atoms with E-state index in [1.54, 1.807) is 6.33 Å². The van der Waals surface area contributed by atoms with Crippen LogP contribution in [0.25, 0.3) is 10.9 Å². The molecule has 3 heterocycles. The molecule has 2 amide bonds. The molecule has 2 aromatic rings. The highest BCUT2D eigenvalue weighted by atomic mass is 16.2. The van der Waals surface area contributed by atoms with E-state index in [0.717, 1.165) is 62.0 Å². The lowest BCUT2D eigenvalue weighted by Gasteiger charge is -2.41. The van der Waals surface area contributed by atoms with Gasteiger partial charge in [0.15, 0.2) is 0 Å². The predicted octanol–water partition coefficient (Wildman–Crippen LogP) is 4.21. The fourth-order valence-electron chi connectivity index (χ4n) is 4.94. The summed E-state index contributed by atoms with van der Waals surface area (Å²) >= 11 is 0. The van der Waals surface area contributed by atoms with Gasteiger partial charge in [-0.1, -0.05) is 25.0 Å². The van der Waals surface area contributed by atoms with Crippen molar-refractivity contribution in [2.75, 3.05) is 24.5 Å². The van der Waals surface area contributed by atoms with Crippen LogP contribution in [-0.2, 0) is 0 Å². The van der Waals surface area contributed by atoms with Crippen LogP contribution in [-0.4, -0.2) is 52.6 Å². The summed E-state index contributed by atoms with van der Waals surface area (Å²) in [5.41, 5.74) is 1.000. The molecule has 1 N–H and O–H groups in total. The van der Waals surface area contributed by atoms with Crippen LogP contribution >= 0.6 is 0 Å². The molecule has 1 atom stereocenters. The molecule has 2 aliphatic heterocycles. The maximum absolute atomic E-state index is 12.8. The minimum Gasteiger partial charge on any atom is -0.356 e. The third-order valence-corrected chi connectivity index (χ3v) is 6.38. The number of para-hydroxylation sites is 1. The first kappa shape index (κ1) is 19.9. The predicted molar refractivity (Wildman–Crippen MR) is 117 cm³/mol. The summed E-state index contributed by atoms with van der Waals surface area (Å²) < 4.78 is 0.